The summed E-state index contributed by atoms with van der Waals surface area (Å²) in [5, 5.41) is 33.5. The molecule has 0 aromatic heterocycles. The molecule has 24 heavy (non-hydrogen) atoms. The van der Waals surface area contributed by atoms with Crippen LogP contribution in [0.1, 0.15) is 45.4 Å². The normalized spacial score (nSPS) is 13.3. The smallest absolute Gasteiger partial charge is 0.550 e. The van der Waals surface area contributed by atoms with Crippen molar-refractivity contribution in [3.8, 4) is 0 Å². The molecule has 0 radical (unpaired) electrons. The topological polar surface area (TPSA) is 95.9 Å². The monoisotopic (exact) mass is 336 g/mol. The molecule has 0 aromatic rings. The van der Waals surface area contributed by atoms with Gasteiger partial charge in [0.1, 0.15) is 0 Å². The minimum absolute atomic E-state index is 0. The third kappa shape index (κ3) is 16.5. The summed E-state index contributed by atoms with van der Waals surface area (Å²) in [6.45, 7) is 8.29. The summed E-state index contributed by atoms with van der Waals surface area (Å²) in [4.78, 5) is 12.6. The summed E-state index contributed by atoms with van der Waals surface area (Å²) in [6.07, 6.45) is 5.08. The maximum Gasteiger partial charge on any atom is 1.00 e. The van der Waals surface area contributed by atoms with Crippen LogP contribution in [0.25, 0.3) is 0 Å². The van der Waals surface area contributed by atoms with Gasteiger partial charge in [-0.1, -0.05) is 25.8 Å². The van der Waals surface area contributed by atoms with Gasteiger partial charge in [-0.3, -0.25) is 4.90 Å². The number of unbranched alkanes of at least 4 members (excludes halogenated alkanes) is 1. The number of rotatable bonds is 16. The van der Waals surface area contributed by atoms with Crippen molar-refractivity contribution in [3.63, 3.8) is 0 Å². The van der Waals surface area contributed by atoms with E-state index in [0.717, 1.165) is 25.7 Å². The summed E-state index contributed by atoms with van der Waals surface area (Å²) in [7, 11) is 0. The van der Waals surface area contributed by atoms with Gasteiger partial charge in [-0.15, -0.1) is 6.58 Å². The standard InChI is InChI=1S/C17H34N2O4.Li/c1-3-5-7-15(20)13-18-10-12-19(11-9-17(22)23)14-16(21)8-6-4-2;/h3,15-16,18,20-21H,1,4-14H2,2H3,(H,22,23);/q;+1/p-1. The zero-order chi connectivity index (χ0) is 17.5. The quantitative estimate of drug-likeness (QED) is 0.157. The molecule has 0 rings (SSSR count). The summed E-state index contributed by atoms with van der Waals surface area (Å²) in [5.74, 6) is -1.08. The second-order valence-corrected chi connectivity index (χ2v) is 5.94. The van der Waals surface area contributed by atoms with E-state index >= 15 is 0 Å². The van der Waals surface area contributed by atoms with Gasteiger partial charge in [0, 0.05) is 38.7 Å². The molecular formula is C17H33LiN2O4. The van der Waals surface area contributed by atoms with Crippen molar-refractivity contribution in [3.05, 3.63) is 12.7 Å². The number of carbonyl (C=O) groups excluding carboxylic acids is 1. The van der Waals surface area contributed by atoms with E-state index in [2.05, 4.69) is 18.8 Å². The third-order valence-corrected chi connectivity index (χ3v) is 3.68. The fourth-order valence-corrected chi connectivity index (χ4v) is 2.29. The van der Waals surface area contributed by atoms with Crippen molar-refractivity contribution in [2.45, 2.75) is 57.7 Å². The van der Waals surface area contributed by atoms with Gasteiger partial charge in [0.2, 0.25) is 0 Å². The molecule has 136 valence electrons. The largest absolute Gasteiger partial charge is 1.00 e. The van der Waals surface area contributed by atoms with Crippen LogP contribution in [0.4, 0.5) is 0 Å². The van der Waals surface area contributed by atoms with Crippen molar-refractivity contribution in [1.82, 2.24) is 10.2 Å². The molecule has 0 aliphatic rings. The average molecular weight is 336 g/mol. The van der Waals surface area contributed by atoms with E-state index in [1.165, 1.54) is 0 Å². The number of hydrogen-bond donors (Lipinski definition) is 3. The van der Waals surface area contributed by atoms with Crippen molar-refractivity contribution >= 4 is 5.97 Å². The predicted octanol–water partition coefficient (Wildman–Crippen LogP) is -3.10. The first-order valence-corrected chi connectivity index (χ1v) is 8.59. The molecule has 0 aliphatic carbocycles. The van der Waals surface area contributed by atoms with Gasteiger partial charge in [-0.2, -0.15) is 0 Å². The number of hydrogen-bond acceptors (Lipinski definition) is 6. The van der Waals surface area contributed by atoms with Gasteiger partial charge in [-0.05, 0) is 25.7 Å². The van der Waals surface area contributed by atoms with Gasteiger partial charge in [-0.25, -0.2) is 0 Å². The SMILES string of the molecule is C=CCCC(O)CNCCN(CCC(=O)[O-])CC(O)CCCC.[Li+]. The number of nitrogens with one attached hydrogen (secondary N) is 1. The number of aliphatic carboxylic acids is 1. The molecule has 3 N–H and O–H groups in total. The minimum atomic E-state index is -1.08. The Balaban J connectivity index is 0. The van der Waals surface area contributed by atoms with Crippen molar-refractivity contribution in [1.29, 1.82) is 0 Å². The number of aliphatic hydroxyl groups excluding tert-OH is 2. The zero-order valence-electron chi connectivity index (χ0n) is 15.4. The third-order valence-electron chi connectivity index (χ3n) is 3.68. The zero-order valence-corrected chi connectivity index (χ0v) is 15.4. The van der Waals surface area contributed by atoms with E-state index in [-0.39, 0.29) is 25.3 Å². The van der Waals surface area contributed by atoms with E-state index in [0.29, 0.717) is 39.1 Å². The van der Waals surface area contributed by atoms with Crippen molar-refractivity contribution in [2.75, 3.05) is 32.7 Å². The number of carboxylic acids is 1. The van der Waals surface area contributed by atoms with E-state index < -0.39 is 18.2 Å². The van der Waals surface area contributed by atoms with Gasteiger partial charge in [0.25, 0.3) is 0 Å². The summed E-state index contributed by atoms with van der Waals surface area (Å²) >= 11 is 0. The molecule has 0 saturated heterocycles. The molecule has 0 saturated carbocycles. The number of allylic oxidation sites excluding steroid dienone is 1. The molecule has 0 heterocycles. The van der Waals surface area contributed by atoms with Crippen molar-refractivity contribution < 1.29 is 39.0 Å². The molecule has 2 unspecified atom stereocenters. The molecule has 6 nitrogen and oxygen atoms in total. The van der Waals surface area contributed by atoms with E-state index in [1.54, 1.807) is 6.08 Å². The Bertz CT molecular complexity index is 319. The Morgan fingerprint density at radius 2 is 2.00 bits per heavy atom. The van der Waals surface area contributed by atoms with Crippen LogP contribution in [0.2, 0.25) is 0 Å². The first-order valence-electron chi connectivity index (χ1n) is 8.59. The number of nitrogens with zero attached hydrogens (tertiary/aromatic N) is 1. The molecule has 0 aromatic carbocycles. The molecule has 0 fully saturated rings. The van der Waals surface area contributed by atoms with Crippen LogP contribution in [0.5, 0.6) is 0 Å². The van der Waals surface area contributed by atoms with Gasteiger partial charge < -0.3 is 25.4 Å². The average Bonchev–Trinajstić information content (AvgIpc) is 2.52. The molecule has 2 atom stereocenters. The molecular weight excluding hydrogens is 303 g/mol. The van der Waals surface area contributed by atoms with E-state index in [1.807, 2.05) is 4.90 Å². The van der Waals surface area contributed by atoms with Gasteiger partial charge in [0.05, 0.1) is 12.2 Å². The van der Waals surface area contributed by atoms with Crippen LogP contribution < -0.4 is 29.3 Å². The first-order chi connectivity index (χ1) is 11.0. The fourth-order valence-electron chi connectivity index (χ4n) is 2.29. The Morgan fingerprint density at radius 3 is 2.58 bits per heavy atom. The second kappa shape index (κ2) is 17.5. The van der Waals surface area contributed by atoms with Crippen LogP contribution in [-0.2, 0) is 4.79 Å². The maximum absolute atomic E-state index is 10.6. The Morgan fingerprint density at radius 1 is 1.29 bits per heavy atom. The predicted molar refractivity (Wildman–Crippen MR) is 89.9 cm³/mol. The number of carbonyl (C=O) groups is 1. The first kappa shape index (κ1) is 25.9. The van der Waals surface area contributed by atoms with Gasteiger partial charge >= 0.3 is 18.9 Å². The van der Waals surface area contributed by atoms with E-state index in [4.69, 9.17) is 0 Å². The Kier molecular flexibility index (Phi) is 18.8. The van der Waals surface area contributed by atoms with E-state index in [9.17, 15) is 20.1 Å². The molecule has 0 bridgehead atoms. The van der Waals surface area contributed by atoms with Gasteiger partial charge in [0.15, 0.2) is 0 Å². The minimum Gasteiger partial charge on any atom is -0.550 e. The fraction of sp³-hybridized carbons (Fsp3) is 0.824. The molecule has 0 amide bonds. The second-order valence-electron chi connectivity index (χ2n) is 5.94. The van der Waals surface area contributed by atoms with Crippen LogP contribution in [0.15, 0.2) is 12.7 Å². The van der Waals surface area contributed by atoms with Crippen LogP contribution >= 0.6 is 0 Å². The van der Waals surface area contributed by atoms with Crippen LogP contribution in [0.3, 0.4) is 0 Å². The Labute approximate surface area is 158 Å². The summed E-state index contributed by atoms with van der Waals surface area (Å²) in [5.41, 5.74) is 0. The van der Waals surface area contributed by atoms with Crippen LogP contribution in [0, 0.1) is 0 Å². The molecule has 7 heteroatoms. The van der Waals surface area contributed by atoms with Crippen LogP contribution in [-0.4, -0.2) is 66.0 Å². The summed E-state index contributed by atoms with van der Waals surface area (Å²) in [6, 6.07) is 0. The number of aliphatic hydroxyl groups is 2. The maximum atomic E-state index is 10.6. The summed E-state index contributed by atoms with van der Waals surface area (Å²) < 4.78 is 0. The molecule has 0 aliphatic heterocycles. The molecule has 0 spiro atoms. The van der Waals surface area contributed by atoms with Crippen molar-refractivity contribution in [2.24, 2.45) is 0 Å². The number of carboxylic acid groups (broad SMARTS) is 1. The Hall–Kier alpha value is -0.353.